The van der Waals surface area contributed by atoms with Crippen LogP contribution in [0.3, 0.4) is 0 Å². The molecule has 0 radical (unpaired) electrons. The number of aryl methyl sites for hydroxylation is 2. The van der Waals surface area contributed by atoms with Gasteiger partial charge in [-0.25, -0.2) is 13.2 Å². The van der Waals surface area contributed by atoms with Crippen LogP contribution in [0.4, 0.5) is 13.2 Å². The van der Waals surface area contributed by atoms with Gasteiger partial charge in [0.2, 0.25) is 0 Å². The Morgan fingerprint density at radius 3 is 1.90 bits per heavy atom. The van der Waals surface area contributed by atoms with Crippen LogP contribution in [0.25, 0.3) is 21.9 Å². The van der Waals surface area contributed by atoms with Gasteiger partial charge in [-0.2, -0.15) is 28.3 Å². The maximum absolute atomic E-state index is 13.7. The number of hydrogen-bond donors (Lipinski definition) is 0. The van der Waals surface area contributed by atoms with Crippen molar-refractivity contribution in [1.29, 1.82) is 0 Å². The second kappa shape index (κ2) is 11.2. The van der Waals surface area contributed by atoms with Crippen LogP contribution >= 0.6 is 0 Å². The monoisotopic (exact) mass is 514 g/mol. The summed E-state index contributed by atoms with van der Waals surface area (Å²) in [5, 5.41) is 1.69. The molecule has 0 aromatic heterocycles. The van der Waals surface area contributed by atoms with Crippen molar-refractivity contribution in [3.05, 3.63) is 94.3 Å². The molecule has 0 fully saturated rings. The van der Waals surface area contributed by atoms with Crippen molar-refractivity contribution >= 4 is 16.2 Å². The summed E-state index contributed by atoms with van der Waals surface area (Å²) < 4.78 is 40.1. The molecule has 4 aromatic carbocycles. The van der Waals surface area contributed by atoms with E-state index >= 15 is 0 Å². The SMILES string of the molecule is C[Si](C)=[Zr+2].Cc1[cH-]c(C)c(C)c1C.Fc1cc(F)c(F)c(-c2c[cH-]c3ccccc23)c1. The van der Waals surface area contributed by atoms with E-state index in [1.807, 2.05) is 12.1 Å². The van der Waals surface area contributed by atoms with E-state index in [0.717, 1.165) is 16.8 Å². The van der Waals surface area contributed by atoms with Gasteiger partial charge in [0.15, 0.2) is 11.6 Å². The third-order valence-electron chi connectivity index (χ3n) is 5.14. The van der Waals surface area contributed by atoms with Gasteiger partial charge in [0.1, 0.15) is 5.82 Å². The predicted molar refractivity (Wildman–Crippen MR) is 123 cm³/mol. The Bertz CT molecular complexity index is 1170. The van der Waals surface area contributed by atoms with Crippen LogP contribution < -0.4 is 0 Å². The second-order valence-corrected chi connectivity index (χ2v) is 17.2. The van der Waals surface area contributed by atoms with Gasteiger partial charge < -0.3 is 0 Å². The Kier molecular flexibility index (Phi) is 9.27. The smallest absolute Gasteiger partial charge is 0.161 e. The molecule has 0 saturated carbocycles. The summed E-state index contributed by atoms with van der Waals surface area (Å²) in [4.78, 5) is 0. The Hall–Kier alpha value is -1.71. The van der Waals surface area contributed by atoms with Gasteiger partial charge in [-0.3, -0.25) is 0 Å². The minimum absolute atomic E-state index is 0.0475. The van der Waals surface area contributed by atoms with Crippen LogP contribution in [0.1, 0.15) is 22.3 Å². The normalized spacial score (nSPS) is 10.3. The summed E-state index contributed by atoms with van der Waals surface area (Å²) in [7, 11) is 0. The van der Waals surface area contributed by atoms with Crippen LogP contribution in [-0.2, 0) is 23.3 Å². The molecular weight excluding hydrogens is 489 g/mol. The summed E-state index contributed by atoms with van der Waals surface area (Å²) in [6.07, 6.45) is 0. The van der Waals surface area contributed by atoms with Crippen molar-refractivity contribution in [2.24, 2.45) is 0 Å². The van der Waals surface area contributed by atoms with Gasteiger partial charge in [-0.1, -0.05) is 33.8 Å². The van der Waals surface area contributed by atoms with Gasteiger partial charge in [0.05, 0.1) is 0 Å². The van der Waals surface area contributed by atoms with E-state index in [0.29, 0.717) is 11.6 Å². The summed E-state index contributed by atoms with van der Waals surface area (Å²) in [6, 6.07) is 14.6. The molecule has 0 aliphatic carbocycles. The largest absolute Gasteiger partial charge is 0.207 e. The average Bonchev–Trinajstić information content (AvgIpc) is 3.22. The molecule has 0 aliphatic rings. The van der Waals surface area contributed by atoms with Gasteiger partial charge >= 0.3 is 41.9 Å². The van der Waals surface area contributed by atoms with Crippen LogP contribution in [0.15, 0.2) is 54.6 Å². The Labute approximate surface area is 198 Å². The number of fused-ring (bicyclic) bond motifs is 1. The molecule has 0 heterocycles. The van der Waals surface area contributed by atoms with Crippen molar-refractivity contribution < 1.29 is 36.5 Å². The topological polar surface area (TPSA) is 0 Å². The van der Waals surface area contributed by atoms with E-state index in [-0.39, 0.29) is 11.0 Å². The first-order valence-electron chi connectivity index (χ1n) is 10.0. The van der Waals surface area contributed by atoms with Crippen LogP contribution in [0, 0.1) is 45.1 Å². The maximum atomic E-state index is 13.7. The third-order valence-corrected chi connectivity index (χ3v) is 5.14. The van der Waals surface area contributed by atoms with E-state index in [2.05, 4.69) is 46.9 Å². The van der Waals surface area contributed by atoms with Crippen LogP contribution in [0.5, 0.6) is 0 Å². The quantitative estimate of drug-likeness (QED) is 0.137. The number of hydrogen-bond acceptors (Lipinski definition) is 0. The molecule has 0 bridgehead atoms. The van der Waals surface area contributed by atoms with Gasteiger partial charge in [0.25, 0.3) is 0 Å². The molecule has 4 rings (SSSR count). The molecule has 0 spiro atoms. The fraction of sp³-hybridized carbons (Fsp3) is 0.231. The molecule has 0 nitrogen and oxygen atoms in total. The number of rotatable bonds is 1. The zero-order valence-corrected chi connectivity index (χ0v) is 22.3. The summed E-state index contributed by atoms with van der Waals surface area (Å²) >= 11 is 1.74. The van der Waals surface area contributed by atoms with E-state index in [9.17, 15) is 13.2 Å². The minimum Gasteiger partial charge on any atom is -0.207 e. The zero-order valence-electron chi connectivity index (χ0n) is 18.8. The van der Waals surface area contributed by atoms with Crippen LogP contribution in [0.2, 0.25) is 13.1 Å². The van der Waals surface area contributed by atoms with Crippen molar-refractivity contribution in [2.75, 3.05) is 0 Å². The number of halogens is 3. The first-order chi connectivity index (χ1) is 14.5. The third kappa shape index (κ3) is 6.63. The standard InChI is InChI=1S/C15H8F3.C9H13.C2H6Si.Zr/c16-10-7-13(15(18)14(17)8-10)12-6-5-9-3-1-2-4-11(9)12;1-6-5-7(2)9(4)8(6)3;1-3-2;/h1-8H;5H,1-4H3;1-2H3;/q2*-1;;+2. The molecular formula is C26H27F3SiZr. The summed E-state index contributed by atoms with van der Waals surface area (Å²) in [5.41, 5.74) is 6.41. The Morgan fingerprint density at radius 2 is 1.39 bits per heavy atom. The molecule has 0 atom stereocenters. The zero-order chi connectivity index (χ0) is 23.3. The van der Waals surface area contributed by atoms with E-state index in [4.69, 9.17) is 0 Å². The minimum atomic E-state index is -1.17. The first-order valence-corrected chi connectivity index (χ1v) is 16.2. The van der Waals surface area contributed by atoms with Crippen molar-refractivity contribution in [1.82, 2.24) is 0 Å². The number of benzene rings is 2. The van der Waals surface area contributed by atoms with E-state index < -0.39 is 17.5 Å². The molecule has 0 N–H and O–H groups in total. The molecule has 5 heteroatoms. The van der Waals surface area contributed by atoms with Crippen molar-refractivity contribution in [3.63, 3.8) is 0 Å². The second-order valence-electron chi connectivity index (χ2n) is 7.84. The molecule has 4 aromatic rings. The van der Waals surface area contributed by atoms with Gasteiger partial charge in [-0.05, 0) is 11.6 Å². The van der Waals surface area contributed by atoms with Gasteiger partial charge in [0, 0.05) is 6.07 Å². The predicted octanol–water partition coefficient (Wildman–Crippen LogP) is 8.07. The van der Waals surface area contributed by atoms with Gasteiger partial charge in [-0.15, -0.1) is 46.7 Å². The average molecular weight is 516 g/mol. The van der Waals surface area contributed by atoms with Crippen molar-refractivity contribution in [3.8, 4) is 11.1 Å². The molecule has 0 saturated heterocycles. The fourth-order valence-corrected chi connectivity index (χ4v) is 3.27. The molecule has 160 valence electrons. The summed E-state index contributed by atoms with van der Waals surface area (Å²) in [6.45, 7) is 13.3. The Morgan fingerprint density at radius 1 is 0.839 bits per heavy atom. The first kappa shape index (κ1) is 25.5. The molecule has 0 unspecified atom stereocenters. The van der Waals surface area contributed by atoms with E-state index in [1.165, 1.54) is 22.3 Å². The van der Waals surface area contributed by atoms with E-state index in [1.54, 1.807) is 47.6 Å². The molecule has 0 amide bonds. The fourth-order valence-electron chi connectivity index (χ4n) is 3.27. The molecule has 0 aliphatic heterocycles. The van der Waals surface area contributed by atoms with Crippen LogP contribution in [-0.4, -0.2) is 5.43 Å². The van der Waals surface area contributed by atoms with Crippen molar-refractivity contribution in [2.45, 2.75) is 40.8 Å². The Balaban J connectivity index is 0.000000220. The molecule has 31 heavy (non-hydrogen) atoms. The maximum Gasteiger partial charge on any atom is 0.161 e. The summed E-state index contributed by atoms with van der Waals surface area (Å²) in [5.74, 6) is -2.97.